The van der Waals surface area contributed by atoms with Gasteiger partial charge in [0, 0.05) is 28.9 Å². The first-order valence-corrected chi connectivity index (χ1v) is 5.83. The van der Waals surface area contributed by atoms with E-state index in [0.29, 0.717) is 10.6 Å². The summed E-state index contributed by atoms with van der Waals surface area (Å²) in [7, 11) is 1.83. The van der Waals surface area contributed by atoms with E-state index in [1.54, 1.807) is 16.8 Å². The third-order valence-electron chi connectivity index (χ3n) is 2.99. The average Bonchev–Trinajstić information content (AvgIpc) is 2.52. The molecule has 0 aliphatic heterocycles. The summed E-state index contributed by atoms with van der Waals surface area (Å²) in [6.07, 6.45) is 0. The molecular weight excluding hydrogens is 252 g/mol. The van der Waals surface area contributed by atoms with Gasteiger partial charge < -0.3 is 5.11 Å². The highest BCUT2D eigenvalue weighted by Gasteiger charge is 2.18. The average molecular weight is 265 g/mol. The van der Waals surface area contributed by atoms with Gasteiger partial charge in [0.25, 0.3) is 0 Å². The zero-order valence-electron chi connectivity index (χ0n) is 10.4. The summed E-state index contributed by atoms with van der Waals surface area (Å²) in [5.41, 5.74) is 3.38. The lowest BCUT2D eigenvalue weighted by Gasteiger charge is -2.07. The minimum Gasteiger partial charge on any atom is -0.478 e. The zero-order chi connectivity index (χ0) is 13.4. The molecule has 0 aliphatic carbocycles. The molecular formula is C13H13ClN2O2. The Kier molecular flexibility index (Phi) is 3.13. The van der Waals surface area contributed by atoms with Crippen molar-refractivity contribution in [1.29, 1.82) is 0 Å². The van der Waals surface area contributed by atoms with E-state index in [-0.39, 0.29) is 5.56 Å². The largest absolute Gasteiger partial charge is 0.478 e. The van der Waals surface area contributed by atoms with Crippen LogP contribution in [0, 0.1) is 13.8 Å². The topological polar surface area (TPSA) is 55.1 Å². The summed E-state index contributed by atoms with van der Waals surface area (Å²) in [5, 5.41) is 14.0. The Balaban J connectivity index is 2.77. The zero-order valence-corrected chi connectivity index (χ0v) is 11.1. The lowest BCUT2D eigenvalue weighted by atomic mass is 9.98. The molecule has 18 heavy (non-hydrogen) atoms. The molecule has 0 aliphatic rings. The van der Waals surface area contributed by atoms with Crippen LogP contribution in [0.1, 0.15) is 21.7 Å². The summed E-state index contributed by atoms with van der Waals surface area (Å²) < 4.78 is 1.73. The molecule has 2 aromatic rings. The molecule has 2 rings (SSSR count). The van der Waals surface area contributed by atoms with Crippen LogP contribution in [0.4, 0.5) is 0 Å². The van der Waals surface area contributed by atoms with Crippen LogP contribution in [0.2, 0.25) is 5.02 Å². The van der Waals surface area contributed by atoms with Gasteiger partial charge in [-0.2, -0.15) is 5.10 Å². The first-order valence-electron chi connectivity index (χ1n) is 5.45. The van der Waals surface area contributed by atoms with Gasteiger partial charge in [0.05, 0.1) is 11.3 Å². The molecule has 1 N–H and O–H groups in total. The van der Waals surface area contributed by atoms with Gasteiger partial charge in [-0.1, -0.05) is 11.6 Å². The highest BCUT2D eigenvalue weighted by Crippen LogP contribution is 2.31. The van der Waals surface area contributed by atoms with Crippen molar-refractivity contribution < 1.29 is 9.90 Å². The Morgan fingerprint density at radius 2 is 2.06 bits per heavy atom. The molecule has 1 aromatic carbocycles. The maximum atomic E-state index is 11.3. The van der Waals surface area contributed by atoms with Crippen LogP contribution >= 0.6 is 11.6 Å². The van der Waals surface area contributed by atoms with Gasteiger partial charge in [0.1, 0.15) is 0 Å². The monoisotopic (exact) mass is 264 g/mol. The van der Waals surface area contributed by atoms with Crippen molar-refractivity contribution in [2.75, 3.05) is 0 Å². The SMILES string of the molecule is Cc1nn(C)c(C)c1-c1cc(Cl)ccc1C(=O)O. The van der Waals surface area contributed by atoms with E-state index < -0.39 is 5.97 Å². The first kappa shape index (κ1) is 12.6. The Labute approximate surface area is 110 Å². The number of hydrogen-bond donors (Lipinski definition) is 1. The quantitative estimate of drug-likeness (QED) is 0.907. The predicted molar refractivity (Wildman–Crippen MR) is 70.1 cm³/mol. The Bertz CT molecular complexity index is 632. The summed E-state index contributed by atoms with van der Waals surface area (Å²) >= 11 is 5.96. The van der Waals surface area contributed by atoms with Crippen LogP contribution in [0.3, 0.4) is 0 Å². The molecule has 0 fully saturated rings. The maximum absolute atomic E-state index is 11.3. The second-order valence-corrected chi connectivity index (χ2v) is 4.60. The van der Waals surface area contributed by atoms with Crippen molar-refractivity contribution >= 4 is 17.6 Å². The normalized spacial score (nSPS) is 10.7. The highest BCUT2D eigenvalue weighted by molar-refractivity contribution is 6.31. The van der Waals surface area contributed by atoms with Crippen LogP contribution in [-0.2, 0) is 7.05 Å². The molecule has 0 atom stereocenters. The number of hydrogen-bond acceptors (Lipinski definition) is 2. The molecule has 4 nitrogen and oxygen atoms in total. The summed E-state index contributed by atoms with van der Waals surface area (Å²) in [5.74, 6) is -0.968. The van der Waals surface area contributed by atoms with Crippen LogP contribution in [0.5, 0.6) is 0 Å². The number of nitrogens with zero attached hydrogens (tertiary/aromatic N) is 2. The van der Waals surface area contributed by atoms with E-state index >= 15 is 0 Å². The number of carboxylic acid groups (broad SMARTS) is 1. The summed E-state index contributed by atoms with van der Waals surface area (Å²) in [6, 6.07) is 4.77. The Morgan fingerprint density at radius 3 is 2.56 bits per heavy atom. The van der Waals surface area contributed by atoms with Crippen LogP contribution < -0.4 is 0 Å². The standard InChI is InChI=1S/C13H13ClN2O2/c1-7-12(8(2)16(3)15-7)11-6-9(14)4-5-10(11)13(17)18/h4-6H,1-3H3,(H,17,18). The van der Waals surface area contributed by atoms with E-state index in [2.05, 4.69) is 5.10 Å². The molecule has 0 unspecified atom stereocenters. The lowest BCUT2D eigenvalue weighted by Crippen LogP contribution is -2.00. The molecule has 5 heteroatoms. The molecule has 0 spiro atoms. The van der Waals surface area contributed by atoms with E-state index in [4.69, 9.17) is 11.6 Å². The molecule has 94 valence electrons. The fraction of sp³-hybridized carbons (Fsp3) is 0.231. The molecule has 1 aromatic heterocycles. The lowest BCUT2D eigenvalue weighted by molar-refractivity contribution is 0.0698. The summed E-state index contributed by atoms with van der Waals surface area (Å²) in [6.45, 7) is 3.76. The third kappa shape index (κ3) is 1.99. The smallest absolute Gasteiger partial charge is 0.336 e. The van der Waals surface area contributed by atoms with Crippen LogP contribution in [-0.4, -0.2) is 20.9 Å². The fourth-order valence-corrected chi connectivity index (χ4v) is 2.25. The van der Waals surface area contributed by atoms with Gasteiger partial charge in [-0.05, 0) is 32.0 Å². The number of rotatable bonds is 2. The van der Waals surface area contributed by atoms with Gasteiger partial charge in [-0.3, -0.25) is 4.68 Å². The van der Waals surface area contributed by atoms with Gasteiger partial charge in [-0.15, -0.1) is 0 Å². The number of aromatic nitrogens is 2. The Hall–Kier alpha value is -1.81. The molecule has 0 saturated heterocycles. The fourth-order valence-electron chi connectivity index (χ4n) is 2.07. The van der Waals surface area contributed by atoms with E-state index in [0.717, 1.165) is 17.0 Å². The molecule has 0 bridgehead atoms. The molecule has 0 saturated carbocycles. The Morgan fingerprint density at radius 1 is 1.39 bits per heavy atom. The predicted octanol–water partition coefficient (Wildman–Crippen LogP) is 3.06. The second kappa shape index (κ2) is 4.46. The number of carboxylic acids is 1. The number of aromatic carboxylic acids is 1. The number of halogens is 1. The van der Waals surface area contributed by atoms with Crippen molar-refractivity contribution in [3.63, 3.8) is 0 Å². The molecule has 0 radical (unpaired) electrons. The van der Waals surface area contributed by atoms with Gasteiger partial charge in [0.2, 0.25) is 0 Å². The van der Waals surface area contributed by atoms with Crippen molar-refractivity contribution in [2.45, 2.75) is 13.8 Å². The van der Waals surface area contributed by atoms with Crippen molar-refractivity contribution in [3.05, 3.63) is 40.2 Å². The van der Waals surface area contributed by atoms with Crippen LogP contribution in [0.25, 0.3) is 11.1 Å². The number of carbonyl (C=O) groups is 1. The van der Waals surface area contributed by atoms with Gasteiger partial charge in [-0.25, -0.2) is 4.79 Å². The van der Waals surface area contributed by atoms with E-state index in [9.17, 15) is 9.90 Å². The van der Waals surface area contributed by atoms with Crippen molar-refractivity contribution in [1.82, 2.24) is 9.78 Å². The van der Waals surface area contributed by atoms with Crippen molar-refractivity contribution in [3.8, 4) is 11.1 Å². The van der Waals surface area contributed by atoms with Gasteiger partial charge >= 0.3 is 5.97 Å². The van der Waals surface area contributed by atoms with Gasteiger partial charge in [0.15, 0.2) is 0 Å². The molecule has 0 amide bonds. The minimum atomic E-state index is -0.968. The number of benzene rings is 1. The summed E-state index contributed by atoms with van der Waals surface area (Å²) in [4.78, 5) is 11.3. The van der Waals surface area contributed by atoms with Crippen LogP contribution in [0.15, 0.2) is 18.2 Å². The highest BCUT2D eigenvalue weighted by atomic mass is 35.5. The second-order valence-electron chi connectivity index (χ2n) is 4.16. The van der Waals surface area contributed by atoms with Crippen molar-refractivity contribution in [2.24, 2.45) is 7.05 Å². The maximum Gasteiger partial charge on any atom is 0.336 e. The minimum absolute atomic E-state index is 0.235. The first-order chi connectivity index (χ1) is 8.41. The molecule has 1 heterocycles. The third-order valence-corrected chi connectivity index (χ3v) is 3.23. The van der Waals surface area contributed by atoms with E-state index in [1.807, 2.05) is 20.9 Å². The number of aryl methyl sites for hydroxylation is 2. The van der Waals surface area contributed by atoms with E-state index in [1.165, 1.54) is 6.07 Å².